The summed E-state index contributed by atoms with van der Waals surface area (Å²) < 4.78 is 0. The first-order valence-electron chi connectivity index (χ1n) is 16.0. The molecule has 1 atom stereocenters. The molecule has 2 amide bonds. The largest absolute Gasteiger partial charge is 0.530 e. The standard InChI is InChI=1S/C33H57N3O3/c1-3-4-5-6-7-8-9-10-11-12-13-14-15-16-17-20-23-34-32(37)27-30-22-19-18-21-29(30)26-31-28-35(2)24-25-36(31)33(38)39/h18-19,21-22,31H,3-17,20,23-28H2,1-2H3,(H,34,37)(H,38,39)/p-1. The minimum absolute atomic E-state index is 0.0425. The van der Waals surface area contributed by atoms with Crippen molar-refractivity contribution in [2.75, 3.05) is 33.2 Å². The van der Waals surface area contributed by atoms with Gasteiger partial charge in [-0.2, -0.15) is 0 Å². The van der Waals surface area contributed by atoms with Crippen LogP contribution >= 0.6 is 0 Å². The maximum absolute atomic E-state index is 12.6. The fourth-order valence-electron chi connectivity index (χ4n) is 5.75. The average molecular weight is 543 g/mol. The molecule has 1 fully saturated rings. The molecule has 1 aliphatic rings. The molecule has 6 nitrogen and oxygen atoms in total. The number of hydrogen-bond acceptors (Lipinski definition) is 4. The molecule has 39 heavy (non-hydrogen) atoms. The minimum Gasteiger partial charge on any atom is -0.530 e. The number of nitrogens with zero attached hydrogens (tertiary/aromatic N) is 2. The Hall–Kier alpha value is -2.08. The molecule has 1 aromatic carbocycles. The van der Waals surface area contributed by atoms with Crippen LogP contribution in [0.2, 0.25) is 0 Å². The number of carbonyl (C=O) groups excluding carboxylic acids is 2. The molecule has 6 heteroatoms. The average Bonchev–Trinajstić information content (AvgIpc) is 2.91. The molecule has 1 unspecified atom stereocenters. The first kappa shape index (κ1) is 33.1. The van der Waals surface area contributed by atoms with Gasteiger partial charge in [-0.3, -0.25) is 4.79 Å². The number of rotatable bonds is 21. The minimum atomic E-state index is -1.11. The summed E-state index contributed by atoms with van der Waals surface area (Å²) in [5.41, 5.74) is 2.02. The second kappa shape index (κ2) is 20.8. The molecule has 1 aromatic rings. The number of benzene rings is 1. The molecule has 1 saturated heterocycles. The van der Waals surface area contributed by atoms with E-state index in [9.17, 15) is 14.7 Å². The summed E-state index contributed by atoms with van der Waals surface area (Å²) in [6.07, 6.45) is 21.3. The Bertz CT molecular complexity index is 800. The van der Waals surface area contributed by atoms with Crippen LogP contribution in [0.5, 0.6) is 0 Å². The van der Waals surface area contributed by atoms with Crippen LogP contribution in [0, 0.1) is 0 Å². The lowest BCUT2D eigenvalue weighted by molar-refractivity contribution is -0.269. The summed E-state index contributed by atoms with van der Waals surface area (Å²) in [7, 11) is 2.01. The monoisotopic (exact) mass is 542 g/mol. The maximum Gasteiger partial charge on any atom is 0.224 e. The van der Waals surface area contributed by atoms with E-state index in [0.29, 0.717) is 32.5 Å². The molecule has 0 aliphatic carbocycles. The molecule has 1 aliphatic heterocycles. The van der Waals surface area contributed by atoms with Crippen molar-refractivity contribution in [1.82, 2.24) is 15.1 Å². The van der Waals surface area contributed by atoms with Crippen molar-refractivity contribution < 1.29 is 14.7 Å². The number of nitrogens with one attached hydrogen (secondary N) is 1. The van der Waals surface area contributed by atoms with Gasteiger partial charge in [0.15, 0.2) is 0 Å². The summed E-state index contributed by atoms with van der Waals surface area (Å²) >= 11 is 0. The van der Waals surface area contributed by atoms with E-state index in [2.05, 4.69) is 17.1 Å². The normalized spacial score (nSPS) is 15.9. The summed E-state index contributed by atoms with van der Waals surface area (Å²) in [6, 6.07) is 7.76. The molecule has 1 heterocycles. The lowest BCUT2D eigenvalue weighted by Crippen LogP contribution is -2.58. The van der Waals surface area contributed by atoms with E-state index in [4.69, 9.17) is 0 Å². The Morgan fingerprint density at radius 2 is 1.31 bits per heavy atom. The number of carboxylic acid groups (broad SMARTS) is 1. The van der Waals surface area contributed by atoms with Crippen LogP contribution in [0.3, 0.4) is 0 Å². The second-order valence-electron chi connectivity index (χ2n) is 11.7. The highest BCUT2D eigenvalue weighted by molar-refractivity contribution is 5.78. The predicted molar refractivity (Wildman–Crippen MR) is 160 cm³/mol. The molecule has 0 radical (unpaired) electrons. The van der Waals surface area contributed by atoms with Crippen LogP contribution in [-0.4, -0.2) is 61.1 Å². The van der Waals surface area contributed by atoms with Gasteiger partial charge in [0.05, 0.1) is 6.42 Å². The molecule has 0 saturated carbocycles. The van der Waals surface area contributed by atoms with Gasteiger partial charge in [-0.1, -0.05) is 128 Å². The number of unbranched alkanes of at least 4 members (excludes halogenated alkanes) is 15. The molecule has 1 N–H and O–H groups in total. The van der Waals surface area contributed by atoms with Crippen LogP contribution < -0.4 is 10.4 Å². The molecule has 0 bridgehead atoms. The quantitative estimate of drug-likeness (QED) is 0.190. The van der Waals surface area contributed by atoms with Crippen molar-refractivity contribution in [3.05, 3.63) is 35.4 Å². The third kappa shape index (κ3) is 14.8. The number of likely N-dealkylation sites (N-methyl/N-ethyl adjacent to an activating group) is 1. The van der Waals surface area contributed by atoms with Gasteiger partial charge >= 0.3 is 0 Å². The van der Waals surface area contributed by atoms with Crippen molar-refractivity contribution in [1.29, 1.82) is 0 Å². The molecule has 0 spiro atoms. The van der Waals surface area contributed by atoms with Gasteiger partial charge in [0, 0.05) is 32.2 Å². The number of amides is 2. The summed E-state index contributed by atoms with van der Waals surface area (Å²) in [4.78, 5) is 27.8. The van der Waals surface area contributed by atoms with Crippen LogP contribution in [0.4, 0.5) is 4.79 Å². The van der Waals surface area contributed by atoms with E-state index in [0.717, 1.165) is 24.1 Å². The molecular formula is C33H56N3O3-. The first-order valence-corrected chi connectivity index (χ1v) is 16.0. The first-order chi connectivity index (χ1) is 19.0. The lowest BCUT2D eigenvalue weighted by Gasteiger charge is -2.42. The summed E-state index contributed by atoms with van der Waals surface area (Å²) in [5, 5.41) is 14.7. The van der Waals surface area contributed by atoms with Gasteiger partial charge in [-0.15, -0.1) is 0 Å². The smallest absolute Gasteiger partial charge is 0.224 e. The van der Waals surface area contributed by atoms with Crippen LogP contribution in [-0.2, 0) is 17.6 Å². The maximum atomic E-state index is 12.6. The van der Waals surface area contributed by atoms with Crippen LogP contribution in [0.25, 0.3) is 0 Å². The number of hydrogen-bond donors (Lipinski definition) is 1. The van der Waals surface area contributed by atoms with E-state index < -0.39 is 6.09 Å². The predicted octanol–water partition coefficient (Wildman–Crippen LogP) is 6.11. The van der Waals surface area contributed by atoms with Crippen molar-refractivity contribution in [2.45, 2.75) is 129 Å². The third-order valence-corrected chi connectivity index (χ3v) is 8.20. The van der Waals surface area contributed by atoms with E-state index in [1.807, 2.05) is 31.3 Å². The third-order valence-electron chi connectivity index (χ3n) is 8.20. The van der Waals surface area contributed by atoms with Gasteiger partial charge < -0.3 is 25.0 Å². The SMILES string of the molecule is CCCCCCCCCCCCCCCCCCNC(=O)Cc1ccccc1CC1CN(C)CCN1C(=O)[O-]. The molecule has 0 aromatic heterocycles. The van der Waals surface area contributed by atoms with Gasteiger partial charge in [-0.05, 0) is 31.0 Å². The fourth-order valence-corrected chi connectivity index (χ4v) is 5.75. The van der Waals surface area contributed by atoms with E-state index >= 15 is 0 Å². The van der Waals surface area contributed by atoms with E-state index in [1.165, 1.54) is 101 Å². The molecule has 222 valence electrons. The van der Waals surface area contributed by atoms with E-state index in [1.54, 1.807) is 0 Å². The topological polar surface area (TPSA) is 75.7 Å². The zero-order valence-electron chi connectivity index (χ0n) is 25.1. The highest BCUT2D eigenvalue weighted by Crippen LogP contribution is 2.18. The zero-order valence-corrected chi connectivity index (χ0v) is 25.1. The van der Waals surface area contributed by atoms with Crippen molar-refractivity contribution >= 4 is 12.0 Å². The number of piperazine rings is 1. The lowest BCUT2D eigenvalue weighted by atomic mass is 9.96. The fraction of sp³-hybridized carbons (Fsp3) is 0.758. The summed E-state index contributed by atoms with van der Waals surface area (Å²) in [5.74, 6) is 0.0425. The van der Waals surface area contributed by atoms with Crippen LogP contribution in [0.15, 0.2) is 24.3 Å². The molecule has 2 rings (SSSR count). The van der Waals surface area contributed by atoms with Gasteiger partial charge in [-0.25, -0.2) is 0 Å². The van der Waals surface area contributed by atoms with Gasteiger partial charge in [0.2, 0.25) is 5.91 Å². The highest BCUT2D eigenvalue weighted by atomic mass is 16.4. The van der Waals surface area contributed by atoms with Crippen molar-refractivity contribution in [2.24, 2.45) is 0 Å². The summed E-state index contributed by atoms with van der Waals surface area (Å²) in [6.45, 7) is 4.86. The zero-order chi connectivity index (χ0) is 28.1. The Balaban J connectivity index is 1.51. The Morgan fingerprint density at radius 3 is 1.85 bits per heavy atom. The Morgan fingerprint density at radius 1 is 0.795 bits per heavy atom. The number of carbonyl (C=O) groups is 2. The van der Waals surface area contributed by atoms with Crippen molar-refractivity contribution in [3.63, 3.8) is 0 Å². The second-order valence-corrected chi connectivity index (χ2v) is 11.7. The molecular weight excluding hydrogens is 486 g/mol. The highest BCUT2D eigenvalue weighted by Gasteiger charge is 2.26. The Kier molecular flexibility index (Phi) is 17.6. The van der Waals surface area contributed by atoms with Crippen LogP contribution in [0.1, 0.15) is 121 Å². The Labute approximate surface area is 238 Å². The van der Waals surface area contributed by atoms with Gasteiger partial charge in [0.1, 0.15) is 6.09 Å². The van der Waals surface area contributed by atoms with Crippen molar-refractivity contribution in [3.8, 4) is 0 Å². The van der Waals surface area contributed by atoms with Gasteiger partial charge in [0.25, 0.3) is 0 Å². The van der Waals surface area contributed by atoms with E-state index in [-0.39, 0.29) is 11.9 Å².